The van der Waals surface area contributed by atoms with Crippen LogP contribution in [0.4, 0.5) is 0 Å². The second-order valence-corrected chi connectivity index (χ2v) is 4.02. The molecule has 3 heteroatoms. The molecule has 0 aliphatic carbocycles. The van der Waals surface area contributed by atoms with Crippen molar-refractivity contribution in [1.82, 2.24) is 5.32 Å². The Morgan fingerprint density at radius 3 is 2.33 bits per heavy atom. The summed E-state index contributed by atoms with van der Waals surface area (Å²) in [7, 11) is 0. The van der Waals surface area contributed by atoms with Gasteiger partial charge in [-0.05, 0) is 6.42 Å². The summed E-state index contributed by atoms with van der Waals surface area (Å²) in [4.78, 5) is 11.3. The summed E-state index contributed by atoms with van der Waals surface area (Å²) in [6.45, 7) is 7.78. The zero-order valence-corrected chi connectivity index (χ0v) is 8.35. The predicted molar refractivity (Wildman–Crippen MR) is 48.8 cm³/mol. The third-order valence-electron chi connectivity index (χ3n) is 1.65. The summed E-state index contributed by atoms with van der Waals surface area (Å²) in [5.41, 5.74) is -0.368. The van der Waals surface area contributed by atoms with Gasteiger partial charge in [0.25, 0.3) is 0 Å². The minimum Gasteiger partial charge on any atom is -0.391 e. The molecular weight excluding hydrogens is 154 g/mol. The van der Waals surface area contributed by atoms with Crippen LogP contribution in [0.2, 0.25) is 0 Å². The molecule has 0 saturated carbocycles. The van der Waals surface area contributed by atoms with E-state index >= 15 is 0 Å². The van der Waals surface area contributed by atoms with Gasteiger partial charge >= 0.3 is 0 Å². The van der Waals surface area contributed by atoms with Crippen LogP contribution in [0.25, 0.3) is 0 Å². The molecule has 72 valence electrons. The van der Waals surface area contributed by atoms with E-state index in [-0.39, 0.29) is 11.3 Å². The lowest BCUT2D eigenvalue weighted by Gasteiger charge is -2.18. The van der Waals surface area contributed by atoms with Crippen LogP contribution >= 0.6 is 0 Å². The highest BCUT2D eigenvalue weighted by Crippen LogP contribution is 2.12. The molecule has 0 unspecified atom stereocenters. The van der Waals surface area contributed by atoms with Crippen LogP contribution < -0.4 is 5.32 Å². The third kappa shape index (κ3) is 4.34. The van der Waals surface area contributed by atoms with Crippen LogP contribution in [0.1, 0.15) is 34.1 Å². The molecule has 1 atom stereocenters. The maximum Gasteiger partial charge on any atom is 0.225 e. The number of carbonyl (C=O) groups is 1. The minimum absolute atomic E-state index is 0.0185. The van der Waals surface area contributed by atoms with Crippen molar-refractivity contribution in [2.24, 2.45) is 5.41 Å². The first-order chi connectivity index (χ1) is 5.38. The Hall–Kier alpha value is -0.570. The smallest absolute Gasteiger partial charge is 0.225 e. The normalized spacial score (nSPS) is 14.1. The molecule has 1 amide bonds. The maximum atomic E-state index is 11.3. The molecule has 0 aromatic heterocycles. The number of carbonyl (C=O) groups excluding carboxylic acids is 1. The van der Waals surface area contributed by atoms with E-state index in [9.17, 15) is 4.79 Å². The predicted octanol–water partition coefficient (Wildman–Crippen LogP) is 0.920. The first kappa shape index (κ1) is 11.4. The number of rotatable bonds is 3. The summed E-state index contributed by atoms with van der Waals surface area (Å²) in [5.74, 6) is -0.0185. The number of aliphatic hydroxyl groups excluding tert-OH is 1. The Kier molecular flexibility index (Phi) is 4.24. The Morgan fingerprint density at radius 2 is 2.00 bits per heavy atom. The van der Waals surface area contributed by atoms with E-state index in [4.69, 9.17) is 5.11 Å². The van der Waals surface area contributed by atoms with E-state index in [0.717, 1.165) is 0 Å². The van der Waals surface area contributed by atoms with Crippen molar-refractivity contribution in [1.29, 1.82) is 0 Å². The molecule has 12 heavy (non-hydrogen) atoms. The fourth-order valence-corrected chi connectivity index (χ4v) is 0.620. The van der Waals surface area contributed by atoms with Crippen molar-refractivity contribution in [3.63, 3.8) is 0 Å². The second-order valence-electron chi connectivity index (χ2n) is 4.02. The molecule has 0 aromatic rings. The van der Waals surface area contributed by atoms with E-state index < -0.39 is 6.10 Å². The molecule has 0 bridgehead atoms. The lowest BCUT2D eigenvalue weighted by atomic mass is 9.95. The Bertz CT molecular complexity index is 149. The summed E-state index contributed by atoms with van der Waals surface area (Å²) >= 11 is 0. The summed E-state index contributed by atoms with van der Waals surface area (Å²) in [6.07, 6.45) is 0.251. The molecule has 0 spiro atoms. The Morgan fingerprint density at radius 1 is 1.50 bits per heavy atom. The highest BCUT2D eigenvalue weighted by Gasteiger charge is 2.20. The van der Waals surface area contributed by atoms with Gasteiger partial charge in [0.15, 0.2) is 0 Å². The van der Waals surface area contributed by atoms with Crippen LogP contribution in [0, 0.1) is 5.41 Å². The molecule has 0 heterocycles. The van der Waals surface area contributed by atoms with Gasteiger partial charge in [-0.1, -0.05) is 27.7 Å². The van der Waals surface area contributed by atoms with Crippen molar-refractivity contribution in [2.45, 2.75) is 40.2 Å². The standard InChI is InChI=1S/C9H19NO2/c1-5-7(11)6-10-8(12)9(2,3)4/h7,11H,5-6H2,1-4H3,(H,10,12)/t7-/m1/s1. The number of amides is 1. The highest BCUT2D eigenvalue weighted by atomic mass is 16.3. The summed E-state index contributed by atoms with van der Waals surface area (Å²) in [5, 5.41) is 11.8. The van der Waals surface area contributed by atoms with E-state index in [0.29, 0.717) is 13.0 Å². The van der Waals surface area contributed by atoms with Crippen LogP contribution in [0.15, 0.2) is 0 Å². The van der Waals surface area contributed by atoms with Crippen molar-refractivity contribution >= 4 is 5.91 Å². The molecule has 0 saturated heterocycles. The van der Waals surface area contributed by atoms with Gasteiger partial charge in [-0.2, -0.15) is 0 Å². The Balaban J connectivity index is 3.73. The molecule has 0 rings (SSSR count). The van der Waals surface area contributed by atoms with Crippen LogP contribution in [-0.2, 0) is 4.79 Å². The fourth-order valence-electron chi connectivity index (χ4n) is 0.620. The molecule has 0 aliphatic heterocycles. The van der Waals surface area contributed by atoms with Crippen molar-refractivity contribution in [2.75, 3.05) is 6.54 Å². The molecule has 2 N–H and O–H groups in total. The van der Waals surface area contributed by atoms with Gasteiger partial charge in [0.2, 0.25) is 5.91 Å². The van der Waals surface area contributed by atoms with E-state index in [2.05, 4.69) is 5.32 Å². The monoisotopic (exact) mass is 173 g/mol. The average Bonchev–Trinajstić information content (AvgIpc) is 1.97. The zero-order chi connectivity index (χ0) is 9.78. The van der Waals surface area contributed by atoms with Crippen LogP contribution in [-0.4, -0.2) is 23.7 Å². The van der Waals surface area contributed by atoms with Gasteiger partial charge in [0.05, 0.1) is 6.10 Å². The maximum absolute atomic E-state index is 11.3. The second kappa shape index (κ2) is 4.45. The topological polar surface area (TPSA) is 49.3 Å². The summed E-state index contributed by atoms with van der Waals surface area (Å²) < 4.78 is 0. The van der Waals surface area contributed by atoms with Gasteiger partial charge < -0.3 is 10.4 Å². The van der Waals surface area contributed by atoms with E-state index in [1.54, 1.807) is 0 Å². The average molecular weight is 173 g/mol. The lowest BCUT2D eigenvalue weighted by molar-refractivity contribution is -0.128. The zero-order valence-electron chi connectivity index (χ0n) is 8.35. The Labute approximate surface area is 74.2 Å². The van der Waals surface area contributed by atoms with Gasteiger partial charge in [-0.15, -0.1) is 0 Å². The van der Waals surface area contributed by atoms with Gasteiger partial charge in [-0.25, -0.2) is 0 Å². The van der Waals surface area contributed by atoms with Crippen molar-refractivity contribution in [3.05, 3.63) is 0 Å². The summed E-state index contributed by atoms with van der Waals surface area (Å²) in [6, 6.07) is 0. The molecule has 0 aliphatic rings. The molecule has 0 radical (unpaired) electrons. The molecular formula is C9H19NO2. The van der Waals surface area contributed by atoms with Gasteiger partial charge in [0.1, 0.15) is 0 Å². The number of hydrogen-bond donors (Lipinski definition) is 2. The van der Waals surface area contributed by atoms with E-state index in [1.165, 1.54) is 0 Å². The highest BCUT2D eigenvalue weighted by molar-refractivity contribution is 5.81. The number of hydrogen-bond acceptors (Lipinski definition) is 2. The first-order valence-electron chi connectivity index (χ1n) is 4.34. The van der Waals surface area contributed by atoms with Gasteiger partial charge in [0, 0.05) is 12.0 Å². The minimum atomic E-state index is -0.420. The quantitative estimate of drug-likeness (QED) is 0.666. The third-order valence-corrected chi connectivity index (χ3v) is 1.65. The van der Waals surface area contributed by atoms with Crippen molar-refractivity contribution in [3.8, 4) is 0 Å². The lowest BCUT2D eigenvalue weighted by Crippen LogP contribution is -2.39. The number of nitrogens with one attached hydrogen (secondary N) is 1. The number of aliphatic hydroxyl groups is 1. The SMILES string of the molecule is CC[C@@H](O)CNC(=O)C(C)(C)C. The molecule has 3 nitrogen and oxygen atoms in total. The van der Waals surface area contributed by atoms with Crippen molar-refractivity contribution < 1.29 is 9.90 Å². The van der Waals surface area contributed by atoms with E-state index in [1.807, 2.05) is 27.7 Å². The molecule has 0 fully saturated rings. The van der Waals surface area contributed by atoms with Crippen LogP contribution in [0.3, 0.4) is 0 Å². The molecule has 0 aromatic carbocycles. The first-order valence-corrected chi connectivity index (χ1v) is 4.34. The van der Waals surface area contributed by atoms with Crippen LogP contribution in [0.5, 0.6) is 0 Å². The largest absolute Gasteiger partial charge is 0.391 e. The fraction of sp³-hybridized carbons (Fsp3) is 0.889. The van der Waals surface area contributed by atoms with Gasteiger partial charge in [-0.3, -0.25) is 4.79 Å².